The van der Waals surface area contributed by atoms with Crippen LogP contribution in [0, 0.1) is 0 Å². The predicted octanol–water partition coefficient (Wildman–Crippen LogP) is 23.5. The summed E-state index contributed by atoms with van der Waals surface area (Å²) in [7, 11) is -9.79. The molecule has 0 rings (SSSR count). The van der Waals surface area contributed by atoms with E-state index in [0.717, 1.165) is 141 Å². The summed E-state index contributed by atoms with van der Waals surface area (Å²) in [6.45, 7) is 2.58. The number of rotatable bonds is 76. The highest BCUT2D eigenvalue weighted by Gasteiger charge is 2.29. The third-order valence-corrected chi connectivity index (χ3v) is 18.8. The van der Waals surface area contributed by atoms with Gasteiger partial charge in [0.1, 0.15) is 25.4 Å². The Kier molecular flexibility index (Phi) is 73.0. The van der Waals surface area contributed by atoms with Crippen LogP contribution in [0.3, 0.4) is 0 Å². The fourth-order valence-corrected chi connectivity index (χ4v) is 12.3. The molecular weight excluding hydrogens is 1310 g/mol. The van der Waals surface area contributed by atoms with Gasteiger partial charge in [0.05, 0.1) is 26.4 Å². The Bertz CT molecular complexity index is 2270. The van der Waals surface area contributed by atoms with Crippen LogP contribution in [0.15, 0.2) is 109 Å². The lowest BCUT2D eigenvalue weighted by atomic mass is 10.0. The van der Waals surface area contributed by atoms with Crippen molar-refractivity contribution in [3.05, 3.63) is 109 Å². The molecule has 0 aromatic heterocycles. The summed E-state index contributed by atoms with van der Waals surface area (Å²) < 4.78 is 61.1. The Balaban J connectivity index is 4.41. The quantitative estimate of drug-likeness (QED) is 0.0146. The molecule has 0 saturated carbocycles. The van der Waals surface area contributed by atoms with Crippen LogP contribution in [0.25, 0.3) is 0 Å². The largest absolute Gasteiger partial charge is 0.472 e. The lowest BCUT2D eigenvalue weighted by molar-refractivity contribution is -0.161. The van der Waals surface area contributed by atoms with E-state index in [4.69, 9.17) is 32.3 Å². The molecule has 5 unspecified atom stereocenters. The summed E-state index contributed by atoms with van der Waals surface area (Å²) in [5.74, 6) is -1.59. The van der Waals surface area contributed by atoms with Crippen LogP contribution >= 0.6 is 15.6 Å². The normalized spacial score (nSPS) is 14.6. The average Bonchev–Trinajstić information content (AvgIpc) is 0.954. The Hall–Kier alpha value is -3.79. The van der Waals surface area contributed by atoms with Crippen LogP contribution in [0.5, 0.6) is 0 Å². The zero-order chi connectivity index (χ0) is 73.7. The van der Waals surface area contributed by atoms with E-state index in [1.54, 1.807) is 0 Å². The number of aliphatic hydroxyl groups excluding tert-OH is 2. The molecule has 4 N–H and O–H groups in total. The number of carbonyl (C=O) groups excluding carboxylic acids is 3. The minimum Gasteiger partial charge on any atom is -0.463 e. The van der Waals surface area contributed by atoms with Gasteiger partial charge in [-0.3, -0.25) is 32.5 Å². The maximum absolute atomic E-state index is 12.9. The second-order valence-corrected chi connectivity index (χ2v) is 29.8. The first-order chi connectivity index (χ1) is 49.2. The smallest absolute Gasteiger partial charge is 0.463 e. The molecule has 0 saturated heterocycles. The molecule has 0 bridgehead atoms. The summed E-state index contributed by atoms with van der Waals surface area (Å²) in [6, 6.07) is 0. The van der Waals surface area contributed by atoms with Gasteiger partial charge in [-0.05, 0) is 128 Å². The molecule has 18 heteroatoms. The van der Waals surface area contributed by atoms with E-state index in [1.807, 2.05) is 0 Å². The fourth-order valence-electron chi connectivity index (χ4n) is 10.8. The van der Waals surface area contributed by atoms with E-state index in [9.17, 15) is 43.5 Å². The minimum absolute atomic E-state index is 0.0910. The number of aliphatic hydroxyl groups is 2. The molecule has 101 heavy (non-hydrogen) atoms. The molecule has 0 amide bonds. The number of hydrogen-bond donors (Lipinski definition) is 4. The molecule has 0 aliphatic carbocycles. The van der Waals surface area contributed by atoms with Gasteiger partial charge in [-0.1, -0.05) is 304 Å². The molecule has 0 radical (unpaired) electrons. The standard InChI is InChI=1S/C83H146O16P2/c1-4-7-10-13-16-19-22-24-26-28-30-32-34-35-36-37-38-39-40-41-43-45-46-48-50-52-55-57-60-63-66-69-81(86)93-72-78(84)73-95-100(89,90)96-74-79(85)75-97-101(91,92)98-77-80(99-83(88)71-68-65-62-59-54-21-18-15-12-9-6-3)76-94-82(87)70-67-64-61-58-56-53-51-49-47-44-42-33-31-29-27-25-23-20-17-14-11-8-5-2/h15-20,24-27,30-33,35-36,44,47,78-80,84-85H,4-14,21-23,28-29,34,37-43,45-46,48-77H2,1-3H3,(H,89,90)(H,91,92)/b18-15-,19-16-,20-17-,26-24-,27-25-,32-30-,33-31-,36-35-,47-44-. The summed E-state index contributed by atoms with van der Waals surface area (Å²) >= 11 is 0. The van der Waals surface area contributed by atoms with E-state index >= 15 is 0 Å². The van der Waals surface area contributed by atoms with Crippen molar-refractivity contribution in [2.45, 2.75) is 360 Å². The van der Waals surface area contributed by atoms with Crippen molar-refractivity contribution in [2.24, 2.45) is 0 Å². The average molecular weight is 1460 g/mol. The predicted molar refractivity (Wildman–Crippen MR) is 417 cm³/mol. The first-order valence-corrected chi connectivity index (χ1v) is 43.2. The van der Waals surface area contributed by atoms with Gasteiger partial charge >= 0.3 is 33.6 Å². The van der Waals surface area contributed by atoms with Gasteiger partial charge in [0.2, 0.25) is 0 Å². The molecule has 5 atom stereocenters. The van der Waals surface area contributed by atoms with Gasteiger partial charge in [-0.2, -0.15) is 0 Å². The highest BCUT2D eigenvalue weighted by molar-refractivity contribution is 7.47. The Morgan fingerprint density at radius 1 is 0.277 bits per heavy atom. The van der Waals surface area contributed by atoms with Crippen molar-refractivity contribution in [1.82, 2.24) is 0 Å². The summed E-state index contributed by atoms with van der Waals surface area (Å²) in [5, 5.41) is 20.6. The number of unbranched alkanes of at least 4 members (excludes halogenated alkanes) is 35. The van der Waals surface area contributed by atoms with E-state index in [2.05, 4.69) is 130 Å². The van der Waals surface area contributed by atoms with Crippen LogP contribution in [0.4, 0.5) is 0 Å². The van der Waals surface area contributed by atoms with Crippen molar-refractivity contribution in [3.8, 4) is 0 Å². The first-order valence-electron chi connectivity index (χ1n) is 40.2. The van der Waals surface area contributed by atoms with Crippen molar-refractivity contribution in [3.63, 3.8) is 0 Å². The van der Waals surface area contributed by atoms with Crippen LogP contribution < -0.4 is 0 Å². The van der Waals surface area contributed by atoms with E-state index in [0.29, 0.717) is 19.3 Å². The lowest BCUT2D eigenvalue weighted by Gasteiger charge is -2.21. The van der Waals surface area contributed by atoms with Gasteiger partial charge in [0.15, 0.2) is 6.10 Å². The zero-order valence-electron chi connectivity index (χ0n) is 63.8. The maximum Gasteiger partial charge on any atom is 0.472 e. The second-order valence-electron chi connectivity index (χ2n) is 26.9. The lowest BCUT2D eigenvalue weighted by Crippen LogP contribution is -2.30. The van der Waals surface area contributed by atoms with Crippen LogP contribution in [0.1, 0.15) is 342 Å². The van der Waals surface area contributed by atoms with E-state index in [-0.39, 0.29) is 19.3 Å². The summed E-state index contributed by atoms with van der Waals surface area (Å²) in [4.78, 5) is 58.5. The first kappa shape index (κ1) is 97.2. The van der Waals surface area contributed by atoms with Crippen molar-refractivity contribution in [2.75, 3.05) is 39.6 Å². The Morgan fingerprint density at radius 3 is 0.822 bits per heavy atom. The number of phosphoric acid groups is 2. The van der Waals surface area contributed by atoms with Crippen molar-refractivity contribution >= 4 is 33.6 Å². The zero-order valence-corrected chi connectivity index (χ0v) is 65.6. The molecule has 584 valence electrons. The molecule has 0 aromatic carbocycles. The second kappa shape index (κ2) is 75.9. The van der Waals surface area contributed by atoms with Gasteiger partial charge in [-0.25, -0.2) is 9.13 Å². The number of esters is 3. The topological polar surface area (TPSA) is 231 Å². The van der Waals surface area contributed by atoms with E-state index < -0.39 is 91.5 Å². The number of phosphoric ester groups is 2. The SMILES string of the molecule is CCCC/C=C\CCCCCCCC(=O)OC(COC(=O)CCCCCCCCC/C=C\C/C=C\C/C=C\C/C=C\CCCCC)COP(=O)(O)OCC(O)COP(=O)(O)OCC(O)COC(=O)CCCCCCCCCCCCCCCCC/C=C\C/C=C\C/C=C\C/C=C\CCCCC. The molecular formula is C83H146O16P2. The van der Waals surface area contributed by atoms with E-state index in [1.165, 1.54) is 141 Å². The van der Waals surface area contributed by atoms with Gasteiger partial charge < -0.3 is 34.2 Å². The number of carbonyl (C=O) groups is 3. The Morgan fingerprint density at radius 2 is 0.505 bits per heavy atom. The van der Waals surface area contributed by atoms with Crippen LogP contribution in [0.2, 0.25) is 0 Å². The minimum atomic E-state index is -4.93. The third-order valence-electron chi connectivity index (χ3n) is 16.9. The number of hydrogen-bond acceptors (Lipinski definition) is 14. The van der Waals surface area contributed by atoms with Gasteiger partial charge in [-0.15, -0.1) is 0 Å². The van der Waals surface area contributed by atoms with Gasteiger partial charge in [0, 0.05) is 19.3 Å². The fraction of sp³-hybridized carbons (Fsp3) is 0.747. The maximum atomic E-state index is 12.9. The molecule has 0 aliphatic rings. The molecule has 0 heterocycles. The summed E-state index contributed by atoms with van der Waals surface area (Å²) in [6.07, 6.45) is 88.7. The highest BCUT2D eigenvalue weighted by atomic mass is 31.2. The third kappa shape index (κ3) is 77.1. The molecule has 0 aromatic rings. The summed E-state index contributed by atoms with van der Waals surface area (Å²) in [5.41, 5.74) is 0. The van der Waals surface area contributed by atoms with Crippen LogP contribution in [-0.2, 0) is 55.8 Å². The molecule has 0 spiro atoms. The molecule has 16 nitrogen and oxygen atoms in total. The highest BCUT2D eigenvalue weighted by Crippen LogP contribution is 2.45. The van der Waals surface area contributed by atoms with Crippen molar-refractivity contribution in [1.29, 1.82) is 0 Å². The van der Waals surface area contributed by atoms with Crippen molar-refractivity contribution < 1.29 is 75.8 Å². The number of ether oxygens (including phenoxy) is 3. The van der Waals surface area contributed by atoms with Crippen LogP contribution in [-0.4, -0.2) is 95.9 Å². The number of allylic oxidation sites excluding steroid dienone is 18. The Labute approximate surface area is 615 Å². The molecule has 0 fully saturated rings. The molecule has 0 aliphatic heterocycles. The monoisotopic (exact) mass is 1460 g/mol. The van der Waals surface area contributed by atoms with Gasteiger partial charge in [0.25, 0.3) is 0 Å².